The number of aryl methyl sites for hydroxylation is 1. The summed E-state index contributed by atoms with van der Waals surface area (Å²) in [6, 6.07) is 14.2. The number of anilines is 1. The minimum atomic E-state index is -0.769. The van der Waals surface area contributed by atoms with Gasteiger partial charge in [-0.3, -0.25) is 9.59 Å². The van der Waals surface area contributed by atoms with Gasteiger partial charge >= 0.3 is 11.8 Å². The summed E-state index contributed by atoms with van der Waals surface area (Å²) >= 11 is 5.88. The topological polar surface area (TPSA) is 78.4 Å². The van der Waals surface area contributed by atoms with Crippen molar-refractivity contribution in [3.63, 3.8) is 0 Å². The van der Waals surface area contributed by atoms with E-state index >= 15 is 0 Å². The largest absolute Gasteiger partial charge is 0.388 e. The molecule has 0 heterocycles. The summed E-state index contributed by atoms with van der Waals surface area (Å²) < 4.78 is 0. The zero-order valence-corrected chi connectivity index (χ0v) is 14.0. The van der Waals surface area contributed by atoms with Gasteiger partial charge < -0.3 is 15.7 Å². The molecule has 0 fully saturated rings. The van der Waals surface area contributed by atoms with Crippen molar-refractivity contribution in [2.45, 2.75) is 19.4 Å². The van der Waals surface area contributed by atoms with Crippen LogP contribution >= 0.6 is 11.6 Å². The van der Waals surface area contributed by atoms with Gasteiger partial charge in [-0.25, -0.2) is 0 Å². The van der Waals surface area contributed by atoms with Gasteiger partial charge in [0.05, 0.1) is 6.10 Å². The third kappa shape index (κ3) is 5.08. The summed E-state index contributed by atoms with van der Waals surface area (Å²) in [7, 11) is 0. The predicted molar refractivity (Wildman–Crippen MR) is 93.8 cm³/mol. The van der Waals surface area contributed by atoms with E-state index < -0.39 is 17.9 Å². The van der Waals surface area contributed by atoms with Gasteiger partial charge in [0.25, 0.3) is 0 Å². The third-order valence-electron chi connectivity index (χ3n) is 3.54. The molecule has 0 aliphatic carbocycles. The van der Waals surface area contributed by atoms with E-state index in [-0.39, 0.29) is 6.54 Å². The fraction of sp³-hybridized carbons (Fsp3) is 0.222. The fourth-order valence-electron chi connectivity index (χ4n) is 2.15. The molecule has 2 aromatic carbocycles. The molecule has 0 saturated heterocycles. The van der Waals surface area contributed by atoms with Crippen LogP contribution in [0.4, 0.5) is 5.69 Å². The van der Waals surface area contributed by atoms with E-state index in [0.29, 0.717) is 17.1 Å². The number of hydrogen-bond acceptors (Lipinski definition) is 3. The fourth-order valence-corrected chi connectivity index (χ4v) is 2.32. The van der Waals surface area contributed by atoms with Crippen LogP contribution in [0.1, 0.15) is 23.7 Å². The van der Waals surface area contributed by atoms with Gasteiger partial charge in [-0.1, -0.05) is 48.0 Å². The quantitative estimate of drug-likeness (QED) is 0.728. The highest BCUT2D eigenvalue weighted by Crippen LogP contribution is 2.20. The van der Waals surface area contributed by atoms with Crippen LogP contribution in [0, 0.1) is 6.92 Å². The van der Waals surface area contributed by atoms with Gasteiger partial charge in [0, 0.05) is 17.3 Å². The Kier molecular flexibility index (Phi) is 6.35. The molecule has 0 saturated carbocycles. The average Bonchev–Trinajstić information content (AvgIpc) is 2.58. The lowest BCUT2D eigenvalue weighted by Crippen LogP contribution is -2.36. The zero-order chi connectivity index (χ0) is 17.5. The first kappa shape index (κ1) is 18.0. The molecule has 0 spiro atoms. The smallest absolute Gasteiger partial charge is 0.313 e. The number of nitrogens with one attached hydrogen (secondary N) is 2. The van der Waals surface area contributed by atoms with E-state index in [4.69, 9.17) is 11.6 Å². The molecule has 1 unspecified atom stereocenters. The Morgan fingerprint density at radius 3 is 2.54 bits per heavy atom. The van der Waals surface area contributed by atoms with E-state index in [1.807, 2.05) is 18.2 Å². The molecule has 0 aromatic heterocycles. The first-order chi connectivity index (χ1) is 11.5. The molecule has 1 atom stereocenters. The Hall–Kier alpha value is -2.37. The van der Waals surface area contributed by atoms with Crippen LogP contribution in [0.15, 0.2) is 48.5 Å². The van der Waals surface area contributed by atoms with Crippen molar-refractivity contribution >= 4 is 29.1 Å². The molecule has 2 rings (SSSR count). The molecular weight excluding hydrogens is 328 g/mol. The molecule has 0 aliphatic rings. The number of rotatable bonds is 5. The molecule has 24 heavy (non-hydrogen) atoms. The maximum absolute atomic E-state index is 11.9. The number of hydrogen-bond donors (Lipinski definition) is 3. The van der Waals surface area contributed by atoms with Crippen LogP contribution in [0.2, 0.25) is 5.02 Å². The lowest BCUT2D eigenvalue weighted by Gasteiger charge is -2.12. The maximum Gasteiger partial charge on any atom is 0.313 e. The van der Waals surface area contributed by atoms with Crippen LogP contribution in [0.25, 0.3) is 0 Å². The Labute approximate surface area is 145 Å². The number of benzene rings is 2. The van der Waals surface area contributed by atoms with Gasteiger partial charge in [0.2, 0.25) is 0 Å². The van der Waals surface area contributed by atoms with Crippen molar-refractivity contribution < 1.29 is 14.7 Å². The van der Waals surface area contributed by atoms with Crippen molar-refractivity contribution in [1.29, 1.82) is 0 Å². The van der Waals surface area contributed by atoms with Gasteiger partial charge in [-0.15, -0.1) is 0 Å². The van der Waals surface area contributed by atoms with E-state index in [9.17, 15) is 14.7 Å². The summed E-state index contributed by atoms with van der Waals surface area (Å²) in [5.74, 6) is -1.52. The number of carbonyl (C=O) groups is 2. The number of aliphatic hydroxyl groups is 1. The van der Waals surface area contributed by atoms with Crippen LogP contribution in [-0.2, 0) is 9.59 Å². The molecule has 6 heteroatoms. The monoisotopic (exact) mass is 346 g/mol. The second-order valence-corrected chi connectivity index (χ2v) is 5.82. The minimum Gasteiger partial charge on any atom is -0.388 e. The van der Waals surface area contributed by atoms with E-state index in [1.165, 1.54) is 0 Å². The van der Waals surface area contributed by atoms with Gasteiger partial charge in [-0.05, 0) is 36.6 Å². The third-order valence-corrected chi connectivity index (χ3v) is 3.78. The van der Waals surface area contributed by atoms with E-state index in [2.05, 4.69) is 10.6 Å². The summed E-state index contributed by atoms with van der Waals surface area (Å²) in [4.78, 5) is 23.7. The van der Waals surface area contributed by atoms with Crippen LogP contribution in [0.5, 0.6) is 0 Å². The highest BCUT2D eigenvalue weighted by molar-refractivity contribution is 6.40. The van der Waals surface area contributed by atoms with Gasteiger partial charge in [-0.2, -0.15) is 0 Å². The Balaban J connectivity index is 1.82. The molecule has 0 radical (unpaired) electrons. The van der Waals surface area contributed by atoms with Crippen LogP contribution in [-0.4, -0.2) is 23.5 Å². The molecule has 126 valence electrons. The van der Waals surface area contributed by atoms with Crippen molar-refractivity contribution in [2.24, 2.45) is 0 Å². The first-order valence-corrected chi connectivity index (χ1v) is 7.93. The Bertz CT molecular complexity index is 719. The predicted octanol–water partition coefficient (Wildman–Crippen LogP) is 2.83. The van der Waals surface area contributed by atoms with E-state index in [0.717, 1.165) is 11.1 Å². The molecule has 0 bridgehead atoms. The zero-order valence-electron chi connectivity index (χ0n) is 13.3. The number of carbonyl (C=O) groups excluding carboxylic acids is 2. The summed E-state index contributed by atoms with van der Waals surface area (Å²) in [5.41, 5.74) is 2.07. The van der Waals surface area contributed by atoms with Gasteiger partial charge in [0.1, 0.15) is 0 Å². The number of amides is 2. The molecule has 5 nitrogen and oxygen atoms in total. The second kappa shape index (κ2) is 8.47. The van der Waals surface area contributed by atoms with Crippen LogP contribution in [0.3, 0.4) is 0 Å². The van der Waals surface area contributed by atoms with Crippen molar-refractivity contribution in [1.82, 2.24) is 5.32 Å². The lowest BCUT2D eigenvalue weighted by molar-refractivity contribution is -0.136. The second-order valence-electron chi connectivity index (χ2n) is 5.38. The first-order valence-electron chi connectivity index (χ1n) is 7.55. The number of aliphatic hydroxyl groups excluding tert-OH is 1. The van der Waals surface area contributed by atoms with Crippen molar-refractivity contribution in [3.05, 3.63) is 64.7 Å². The standard InChI is InChI=1S/C18H19ClN2O3/c1-12-7-8-14(19)11-15(12)21-18(24)17(23)20-10-9-16(22)13-5-3-2-4-6-13/h2-8,11,16,22H,9-10H2,1H3,(H,20,23)(H,21,24). The molecule has 2 amide bonds. The van der Waals surface area contributed by atoms with E-state index in [1.54, 1.807) is 37.3 Å². The molecule has 3 N–H and O–H groups in total. The lowest BCUT2D eigenvalue weighted by atomic mass is 10.1. The summed E-state index contributed by atoms with van der Waals surface area (Å²) in [5, 5.41) is 15.5. The van der Waals surface area contributed by atoms with Crippen molar-refractivity contribution in [3.8, 4) is 0 Å². The Morgan fingerprint density at radius 1 is 1.12 bits per heavy atom. The number of halogens is 1. The minimum absolute atomic E-state index is 0.191. The maximum atomic E-state index is 11.9. The highest BCUT2D eigenvalue weighted by atomic mass is 35.5. The van der Waals surface area contributed by atoms with Crippen LogP contribution < -0.4 is 10.6 Å². The molecule has 2 aromatic rings. The summed E-state index contributed by atoms with van der Waals surface area (Å²) in [6.07, 6.45) is -0.371. The SMILES string of the molecule is Cc1ccc(Cl)cc1NC(=O)C(=O)NCCC(O)c1ccccc1. The normalized spacial score (nSPS) is 11.6. The average molecular weight is 347 g/mol. The van der Waals surface area contributed by atoms with Gasteiger partial charge in [0.15, 0.2) is 0 Å². The summed E-state index contributed by atoms with van der Waals surface area (Å²) in [6.45, 7) is 2.00. The van der Waals surface area contributed by atoms with Crippen molar-refractivity contribution in [2.75, 3.05) is 11.9 Å². The molecular formula is C18H19ClN2O3. The highest BCUT2D eigenvalue weighted by Gasteiger charge is 2.15. The molecule has 0 aliphatic heterocycles. The Morgan fingerprint density at radius 2 is 1.83 bits per heavy atom.